The minimum Gasteiger partial charge on any atom is -0.367 e. The predicted molar refractivity (Wildman–Crippen MR) is 67.3 cm³/mol. The van der Waals surface area contributed by atoms with Gasteiger partial charge in [0.1, 0.15) is 6.07 Å². The fourth-order valence-corrected chi connectivity index (χ4v) is 1.44. The smallest absolute Gasteiger partial charge is 0.228 e. The van der Waals surface area contributed by atoms with Crippen LogP contribution >= 0.6 is 0 Å². The van der Waals surface area contributed by atoms with Crippen LogP contribution in [-0.2, 0) is 6.42 Å². The molecule has 0 saturated heterocycles. The quantitative estimate of drug-likeness (QED) is 0.867. The number of nitriles is 1. The lowest BCUT2D eigenvalue weighted by molar-refractivity contribution is 0.373. The molecule has 2 aromatic heterocycles. The number of rotatable bonds is 5. The zero-order valence-corrected chi connectivity index (χ0v) is 10.8. The molecule has 98 valence electrons. The first kappa shape index (κ1) is 13.0. The third kappa shape index (κ3) is 3.25. The fourth-order valence-electron chi connectivity index (χ4n) is 1.44. The zero-order valence-electron chi connectivity index (χ0n) is 10.8. The lowest BCUT2D eigenvalue weighted by atomic mass is 10.2. The van der Waals surface area contributed by atoms with Crippen LogP contribution in [0.3, 0.4) is 0 Å². The van der Waals surface area contributed by atoms with Crippen molar-refractivity contribution in [3.63, 3.8) is 0 Å². The molecule has 0 aromatic carbocycles. The Kier molecular flexibility index (Phi) is 4.03. The number of hydrogen-bond acceptors (Lipinski definition) is 7. The van der Waals surface area contributed by atoms with Gasteiger partial charge in [0.05, 0.1) is 0 Å². The Morgan fingerprint density at radius 2 is 2.16 bits per heavy atom. The fraction of sp³-hybridized carbons (Fsp3) is 0.417. The van der Waals surface area contributed by atoms with Crippen molar-refractivity contribution in [2.45, 2.75) is 26.2 Å². The molecule has 0 unspecified atom stereocenters. The number of hydrogen-bond donors (Lipinski definition) is 1. The van der Waals surface area contributed by atoms with E-state index in [9.17, 15) is 0 Å². The molecule has 2 rings (SSSR count). The van der Waals surface area contributed by atoms with E-state index >= 15 is 0 Å². The third-order valence-electron chi connectivity index (χ3n) is 2.44. The number of anilines is 1. The minimum absolute atomic E-state index is 0.246. The molecule has 2 aromatic rings. The second-order valence-electron chi connectivity index (χ2n) is 4.24. The maximum atomic E-state index is 8.87. The van der Waals surface area contributed by atoms with Crippen molar-refractivity contribution in [3.05, 3.63) is 29.8 Å². The minimum atomic E-state index is 0.246. The number of nitrogens with zero attached hydrogens (tertiary/aromatic N) is 5. The molecule has 7 heteroatoms. The summed E-state index contributed by atoms with van der Waals surface area (Å²) in [5.41, 5.74) is 0.274. The highest BCUT2D eigenvalue weighted by Gasteiger charge is 2.09. The molecule has 7 nitrogen and oxygen atoms in total. The molecule has 0 amide bonds. The molecule has 0 saturated carbocycles. The normalized spacial score (nSPS) is 10.4. The zero-order chi connectivity index (χ0) is 13.7. The number of nitrogens with one attached hydrogen (secondary N) is 1. The summed E-state index contributed by atoms with van der Waals surface area (Å²) in [6, 6.07) is 1.98. The molecule has 0 radical (unpaired) electrons. The SMILES string of the molecule is CC(C)c1noc(CCNc2nccnc2C#N)n1. The molecule has 0 fully saturated rings. The van der Waals surface area contributed by atoms with Gasteiger partial charge < -0.3 is 9.84 Å². The summed E-state index contributed by atoms with van der Waals surface area (Å²) in [5, 5.41) is 15.8. The van der Waals surface area contributed by atoms with E-state index in [2.05, 4.69) is 25.4 Å². The Labute approximate surface area is 110 Å². The van der Waals surface area contributed by atoms with Gasteiger partial charge in [-0.1, -0.05) is 19.0 Å². The van der Waals surface area contributed by atoms with Gasteiger partial charge in [-0.2, -0.15) is 10.2 Å². The van der Waals surface area contributed by atoms with Crippen LogP contribution in [0.1, 0.15) is 37.2 Å². The van der Waals surface area contributed by atoms with Gasteiger partial charge in [0.25, 0.3) is 0 Å². The summed E-state index contributed by atoms with van der Waals surface area (Å²) < 4.78 is 5.12. The van der Waals surface area contributed by atoms with E-state index in [0.717, 1.165) is 0 Å². The summed E-state index contributed by atoms with van der Waals surface area (Å²) in [4.78, 5) is 12.2. The Morgan fingerprint density at radius 3 is 2.84 bits per heavy atom. The van der Waals surface area contributed by atoms with Crippen molar-refractivity contribution >= 4 is 5.82 Å². The van der Waals surface area contributed by atoms with Crippen LogP contribution in [-0.4, -0.2) is 26.7 Å². The Balaban J connectivity index is 1.91. The maximum Gasteiger partial charge on any atom is 0.228 e. The number of aromatic nitrogens is 4. The van der Waals surface area contributed by atoms with E-state index in [1.54, 1.807) is 0 Å². The van der Waals surface area contributed by atoms with E-state index in [1.165, 1.54) is 12.4 Å². The molecule has 0 aliphatic heterocycles. The highest BCUT2D eigenvalue weighted by atomic mass is 16.5. The summed E-state index contributed by atoms with van der Waals surface area (Å²) in [5.74, 6) is 1.98. The summed E-state index contributed by atoms with van der Waals surface area (Å²) in [7, 11) is 0. The van der Waals surface area contributed by atoms with Crippen LogP contribution in [0.2, 0.25) is 0 Å². The maximum absolute atomic E-state index is 8.87. The van der Waals surface area contributed by atoms with Crippen LogP contribution in [0.5, 0.6) is 0 Å². The van der Waals surface area contributed by atoms with Gasteiger partial charge in [-0.15, -0.1) is 0 Å². The second-order valence-corrected chi connectivity index (χ2v) is 4.24. The predicted octanol–water partition coefficient (Wildman–Crippen LogP) is 1.51. The molecule has 0 aliphatic carbocycles. The van der Waals surface area contributed by atoms with Crippen molar-refractivity contribution in [3.8, 4) is 6.07 Å². The monoisotopic (exact) mass is 258 g/mol. The van der Waals surface area contributed by atoms with Gasteiger partial charge in [-0.25, -0.2) is 9.97 Å². The Morgan fingerprint density at radius 1 is 1.37 bits per heavy atom. The van der Waals surface area contributed by atoms with E-state index < -0.39 is 0 Å². The standard InChI is InChI=1S/C12H14N6O/c1-8(2)11-17-10(19-18-11)3-4-15-12-9(7-13)14-5-6-16-12/h5-6,8H,3-4H2,1-2H3,(H,15,16). The lowest BCUT2D eigenvalue weighted by Gasteiger charge is -2.03. The largest absolute Gasteiger partial charge is 0.367 e. The molecule has 2 heterocycles. The molecule has 0 spiro atoms. The van der Waals surface area contributed by atoms with Gasteiger partial charge in [0.2, 0.25) is 5.89 Å². The highest BCUT2D eigenvalue weighted by molar-refractivity contribution is 5.46. The van der Waals surface area contributed by atoms with E-state index in [4.69, 9.17) is 9.78 Å². The van der Waals surface area contributed by atoms with Crippen molar-refractivity contribution in [1.29, 1.82) is 5.26 Å². The average molecular weight is 258 g/mol. The molecule has 1 N–H and O–H groups in total. The van der Waals surface area contributed by atoms with Gasteiger partial charge in [-0.05, 0) is 0 Å². The molecule has 0 bridgehead atoms. The Bertz CT molecular complexity index is 586. The van der Waals surface area contributed by atoms with Gasteiger partial charge in [-0.3, -0.25) is 0 Å². The average Bonchev–Trinajstić information content (AvgIpc) is 2.88. The molecule has 19 heavy (non-hydrogen) atoms. The Hall–Kier alpha value is -2.49. The van der Waals surface area contributed by atoms with Crippen molar-refractivity contribution in [2.24, 2.45) is 0 Å². The van der Waals surface area contributed by atoms with Crippen LogP contribution in [0.25, 0.3) is 0 Å². The first-order valence-electron chi connectivity index (χ1n) is 5.98. The first-order chi connectivity index (χ1) is 9.20. The molecule has 0 atom stereocenters. The van der Waals surface area contributed by atoms with Crippen molar-refractivity contribution in [2.75, 3.05) is 11.9 Å². The summed E-state index contributed by atoms with van der Waals surface area (Å²) in [6.45, 7) is 4.56. The molecular weight excluding hydrogens is 244 g/mol. The highest BCUT2D eigenvalue weighted by Crippen LogP contribution is 2.10. The second kappa shape index (κ2) is 5.91. The van der Waals surface area contributed by atoms with E-state index in [1.807, 2.05) is 19.9 Å². The van der Waals surface area contributed by atoms with Gasteiger partial charge in [0, 0.05) is 31.3 Å². The third-order valence-corrected chi connectivity index (χ3v) is 2.44. The van der Waals surface area contributed by atoms with Crippen LogP contribution < -0.4 is 5.32 Å². The van der Waals surface area contributed by atoms with Crippen molar-refractivity contribution in [1.82, 2.24) is 20.1 Å². The topological polar surface area (TPSA) is 101 Å². The van der Waals surface area contributed by atoms with Gasteiger partial charge in [0.15, 0.2) is 17.3 Å². The van der Waals surface area contributed by atoms with Crippen LogP contribution in [0.15, 0.2) is 16.9 Å². The van der Waals surface area contributed by atoms with E-state index in [0.29, 0.717) is 30.5 Å². The molecule has 0 aliphatic rings. The summed E-state index contributed by atoms with van der Waals surface area (Å²) in [6.07, 6.45) is 3.59. The lowest BCUT2D eigenvalue weighted by Crippen LogP contribution is -2.08. The molecular formula is C12H14N6O. The first-order valence-corrected chi connectivity index (χ1v) is 5.98. The van der Waals surface area contributed by atoms with E-state index in [-0.39, 0.29) is 11.6 Å². The van der Waals surface area contributed by atoms with Gasteiger partial charge >= 0.3 is 0 Å². The van der Waals surface area contributed by atoms with Crippen LogP contribution in [0.4, 0.5) is 5.82 Å². The van der Waals surface area contributed by atoms with Crippen LogP contribution in [0, 0.1) is 11.3 Å². The van der Waals surface area contributed by atoms with Crippen molar-refractivity contribution < 1.29 is 4.52 Å². The summed E-state index contributed by atoms with van der Waals surface area (Å²) >= 11 is 0.